The number of likely N-dealkylation sites (tertiary alicyclic amines) is 5. The molecule has 0 aliphatic carbocycles. The maximum atomic E-state index is 13.8. The third-order valence-corrected chi connectivity index (χ3v) is 24.6. The summed E-state index contributed by atoms with van der Waals surface area (Å²) in [4.78, 5) is 93.2. The fourth-order valence-corrected chi connectivity index (χ4v) is 18.1. The Morgan fingerprint density at radius 2 is 0.643 bits per heavy atom. The van der Waals surface area contributed by atoms with Gasteiger partial charge in [0, 0.05) is 163 Å². The van der Waals surface area contributed by atoms with E-state index in [2.05, 4.69) is 91.4 Å². The zero-order valence-corrected chi connectivity index (χ0v) is 65.2. The number of piperidine rings is 3. The van der Waals surface area contributed by atoms with Gasteiger partial charge in [-0.05, 0) is 170 Å². The highest BCUT2D eigenvalue weighted by molar-refractivity contribution is 6.31. The minimum absolute atomic E-state index is 0.00602. The number of hydrogen-bond acceptors (Lipinski definition) is 6. The number of amides is 6. The summed E-state index contributed by atoms with van der Waals surface area (Å²) in [5, 5.41) is 5.25. The van der Waals surface area contributed by atoms with Crippen molar-refractivity contribution in [2.24, 2.45) is 17.8 Å². The molecule has 18 heteroatoms. The van der Waals surface area contributed by atoms with Crippen LogP contribution in [-0.2, 0) is 47.1 Å². The molecule has 0 bridgehead atoms. The first kappa shape index (κ1) is 75.3. The van der Waals surface area contributed by atoms with Gasteiger partial charge in [0.25, 0.3) is 17.7 Å². The molecule has 2 atom stereocenters. The summed E-state index contributed by atoms with van der Waals surface area (Å²) in [6.45, 7) is 9.21. The highest BCUT2D eigenvalue weighted by atomic mass is 35.5. The molecule has 6 aliphatic rings. The van der Waals surface area contributed by atoms with Crippen LogP contribution >= 0.6 is 34.8 Å². The maximum absolute atomic E-state index is 13.8. The Morgan fingerprint density at radius 1 is 0.312 bits per heavy atom. The van der Waals surface area contributed by atoms with Gasteiger partial charge in [-0.1, -0.05) is 211 Å². The molecular weight excluding hydrogens is 1460 g/mol. The van der Waals surface area contributed by atoms with Crippen molar-refractivity contribution < 1.29 is 28.8 Å². The molecule has 9 heterocycles. The van der Waals surface area contributed by atoms with Crippen LogP contribution in [0.3, 0.4) is 0 Å². The highest BCUT2D eigenvalue weighted by Gasteiger charge is 2.39. The van der Waals surface area contributed by atoms with Crippen molar-refractivity contribution in [2.45, 2.75) is 102 Å². The van der Waals surface area contributed by atoms with Crippen LogP contribution in [0.1, 0.15) is 140 Å². The molecule has 0 N–H and O–H groups in total. The number of halogens is 3. The SMILES string of the molecule is O=C(c1cc2ccccc2n1Cc1ccc(Cl)cc1)N1CCC(C(=O)N2CCC(c3ccccc3)C2)CC1.O=C(c1cc2ccccc2n1Cc1ccc(Cl)cc1)N1CCC(C(=O)N2CCCC2c2ccccc2)CC1.O=C(c1cc2ccccc2n1Cc1ccc(Cl)cc1)N1CCC(C(=O)N2Cc3ccccc3C2)CC1. The average Bonchev–Trinajstić information content (AvgIpc) is 1.63. The van der Waals surface area contributed by atoms with Gasteiger partial charge in [0.1, 0.15) is 17.1 Å². The van der Waals surface area contributed by atoms with Gasteiger partial charge in [-0.3, -0.25) is 28.8 Å². The van der Waals surface area contributed by atoms with Gasteiger partial charge >= 0.3 is 0 Å². The number of hydrogen-bond donors (Lipinski definition) is 0. The third kappa shape index (κ3) is 16.6. The zero-order valence-electron chi connectivity index (χ0n) is 62.9. The topological polar surface area (TPSA) is 137 Å². The minimum atomic E-state index is -0.0247. The van der Waals surface area contributed by atoms with Gasteiger partial charge in [0.05, 0.1) is 6.04 Å². The predicted octanol–water partition coefficient (Wildman–Crippen LogP) is 18.5. The first-order valence-electron chi connectivity index (χ1n) is 39.6. The summed E-state index contributed by atoms with van der Waals surface area (Å²) in [5.74, 6) is 1.18. The van der Waals surface area contributed by atoms with Gasteiger partial charge in [-0.25, -0.2) is 0 Å². The van der Waals surface area contributed by atoms with Crippen molar-refractivity contribution in [3.05, 3.63) is 320 Å². The molecule has 112 heavy (non-hydrogen) atoms. The van der Waals surface area contributed by atoms with Gasteiger partial charge in [0.15, 0.2) is 0 Å². The van der Waals surface area contributed by atoms with E-state index >= 15 is 0 Å². The summed E-state index contributed by atoms with van der Waals surface area (Å²) in [5.41, 5.74) is 13.5. The van der Waals surface area contributed by atoms with Crippen LogP contribution in [-0.4, -0.2) is 137 Å². The lowest BCUT2D eigenvalue weighted by molar-refractivity contribution is -0.138. The number of carbonyl (C=O) groups is 6. The molecule has 570 valence electrons. The number of carbonyl (C=O) groups excluding carboxylic acids is 6. The number of para-hydroxylation sites is 3. The molecule has 5 saturated heterocycles. The fraction of sp³-hybridized carbons (Fsp3) is 0.298. The maximum Gasteiger partial charge on any atom is 0.270 e. The zero-order chi connectivity index (χ0) is 76.8. The van der Waals surface area contributed by atoms with Crippen LogP contribution in [0.15, 0.2) is 249 Å². The van der Waals surface area contributed by atoms with Crippen LogP contribution in [0.25, 0.3) is 32.7 Å². The van der Waals surface area contributed by atoms with Crippen molar-refractivity contribution in [2.75, 3.05) is 58.9 Å². The first-order valence-corrected chi connectivity index (χ1v) is 40.8. The Morgan fingerprint density at radius 3 is 1.04 bits per heavy atom. The quantitative estimate of drug-likeness (QED) is 0.106. The summed E-state index contributed by atoms with van der Waals surface area (Å²) < 4.78 is 6.30. The Hall–Kier alpha value is -10.7. The Kier molecular flexibility index (Phi) is 22.9. The minimum Gasteiger partial charge on any atom is -0.342 e. The van der Waals surface area contributed by atoms with E-state index in [9.17, 15) is 28.8 Å². The second-order valence-electron chi connectivity index (χ2n) is 30.8. The van der Waals surface area contributed by atoms with E-state index in [4.69, 9.17) is 34.8 Å². The lowest BCUT2D eigenvalue weighted by Crippen LogP contribution is -2.44. The van der Waals surface area contributed by atoms with E-state index in [1.54, 1.807) is 0 Å². The van der Waals surface area contributed by atoms with Crippen LogP contribution in [0.5, 0.6) is 0 Å². The molecule has 18 rings (SSSR count). The summed E-state index contributed by atoms with van der Waals surface area (Å²) >= 11 is 18.3. The standard InChI is InChI=1S/2C32H32ClN3O2.C30H28ClN3O2/c33-27-14-12-23(13-15-27)22-36-29-10-5-4-9-26(29)21-30(36)32(38)34-19-16-25(17-20-34)31(37)35-18-6-11-28(35)24-7-2-1-3-8-24;33-28-12-10-23(11-13-28)21-36-29-9-5-4-8-26(29)20-30(36)32(38)34-17-14-25(15-18-34)31(37)35-19-16-27(22-35)24-6-2-1-3-7-24;31-26-11-9-21(10-12-26)18-34-27-8-4-3-5-23(27)17-28(34)30(36)32-15-13-22(14-16-32)29(35)33-19-24-6-1-2-7-25(24)20-33/h1-5,7-10,12-15,21,25,28H,6,11,16-20,22H2;1-13,20,25,27H,14-19,21-22H2;1-12,17,22H,13-16,18-20H2. The Balaban J connectivity index is 0.000000127. The molecule has 12 aromatic rings. The number of fused-ring (bicyclic) bond motifs is 4. The van der Waals surface area contributed by atoms with Crippen molar-refractivity contribution >= 4 is 103 Å². The average molecular weight is 1550 g/mol. The summed E-state index contributed by atoms with van der Waals surface area (Å²) in [6.07, 6.45) is 7.34. The van der Waals surface area contributed by atoms with Crippen molar-refractivity contribution in [3.63, 3.8) is 0 Å². The number of aromatic nitrogens is 3. The highest BCUT2D eigenvalue weighted by Crippen LogP contribution is 2.38. The molecule has 2 unspecified atom stereocenters. The summed E-state index contributed by atoms with van der Waals surface area (Å²) in [7, 11) is 0. The molecule has 0 radical (unpaired) electrons. The van der Waals surface area contributed by atoms with Gasteiger partial charge in [-0.15, -0.1) is 0 Å². The van der Waals surface area contributed by atoms with Gasteiger partial charge < -0.3 is 43.1 Å². The predicted molar refractivity (Wildman–Crippen MR) is 445 cm³/mol. The van der Waals surface area contributed by atoms with E-state index in [1.807, 2.05) is 200 Å². The lowest BCUT2D eigenvalue weighted by atomic mass is 9.94. The normalized spacial score (nSPS) is 17.5. The largest absolute Gasteiger partial charge is 0.342 e. The van der Waals surface area contributed by atoms with E-state index < -0.39 is 0 Å². The molecule has 6 amide bonds. The molecular formula is C94H92Cl3N9O6. The lowest BCUT2D eigenvalue weighted by Gasteiger charge is -2.35. The van der Waals surface area contributed by atoms with Crippen LogP contribution in [0.4, 0.5) is 0 Å². The second-order valence-corrected chi connectivity index (χ2v) is 32.2. The smallest absolute Gasteiger partial charge is 0.270 e. The molecule has 15 nitrogen and oxygen atoms in total. The van der Waals surface area contributed by atoms with Crippen LogP contribution in [0, 0.1) is 17.8 Å². The molecule has 0 saturated carbocycles. The molecule has 5 fully saturated rings. The van der Waals surface area contributed by atoms with Crippen molar-refractivity contribution in [1.29, 1.82) is 0 Å². The van der Waals surface area contributed by atoms with Crippen LogP contribution in [0.2, 0.25) is 15.1 Å². The van der Waals surface area contributed by atoms with E-state index in [-0.39, 0.29) is 59.2 Å². The number of benzene rings is 9. The van der Waals surface area contributed by atoms with Crippen molar-refractivity contribution in [1.82, 2.24) is 43.1 Å². The van der Waals surface area contributed by atoms with E-state index in [0.717, 1.165) is 88.3 Å². The van der Waals surface area contributed by atoms with Crippen molar-refractivity contribution in [3.8, 4) is 0 Å². The molecule has 3 aromatic heterocycles. The fourth-order valence-electron chi connectivity index (χ4n) is 17.7. The Labute approximate surface area is 669 Å². The first-order chi connectivity index (χ1) is 54.7. The van der Waals surface area contributed by atoms with E-state index in [1.165, 1.54) is 22.3 Å². The second kappa shape index (κ2) is 34.1. The van der Waals surface area contributed by atoms with Gasteiger partial charge in [0.2, 0.25) is 17.7 Å². The molecule has 0 spiro atoms. The monoisotopic (exact) mass is 1550 g/mol. The summed E-state index contributed by atoms with van der Waals surface area (Å²) in [6, 6.07) is 82.9. The number of rotatable bonds is 14. The molecule has 9 aromatic carbocycles. The third-order valence-electron chi connectivity index (χ3n) is 23.9. The van der Waals surface area contributed by atoms with E-state index in [0.29, 0.717) is 149 Å². The Bertz CT molecular complexity index is 5340. The van der Waals surface area contributed by atoms with Gasteiger partial charge in [-0.2, -0.15) is 0 Å². The van der Waals surface area contributed by atoms with Crippen LogP contribution < -0.4 is 0 Å². The molecule has 6 aliphatic heterocycles. The number of nitrogens with zero attached hydrogens (tertiary/aromatic N) is 9.